The molecule has 0 fully saturated rings. The smallest absolute Gasteiger partial charge is 0.321 e. The van der Waals surface area contributed by atoms with Crippen molar-refractivity contribution in [3.8, 4) is 0 Å². The fraction of sp³-hybridized carbons (Fsp3) is 0. The monoisotopic (exact) mass is 283 g/mol. The molecule has 0 saturated carbocycles. The van der Waals surface area contributed by atoms with Crippen LogP contribution in [0.2, 0.25) is 0 Å². The molecule has 21 heavy (non-hydrogen) atoms. The fourth-order valence-corrected chi connectivity index (χ4v) is 2.03. The second-order valence-electron chi connectivity index (χ2n) is 4.40. The highest BCUT2D eigenvalue weighted by atomic mass is 19.1. The quantitative estimate of drug-likeness (QED) is 0.758. The van der Waals surface area contributed by atoms with Gasteiger partial charge in [0.05, 0.1) is 5.52 Å². The predicted molar refractivity (Wildman–Crippen MR) is 76.7 cm³/mol. The molecule has 0 atom stereocenters. The molecule has 3 rings (SSSR count). The molecular weight excluding hydrogens is 273 g/mol. The van der Waals surface area contributed by atoms with Gasteiger partial charge in [0.25, 0.3) is 5.91 Å². The van der Waals surface area contributed by atoms with Gasteiger partial charge >= 0.3 is 5.69 Å². The maximum atomic E-state index is 13.1. The molecular formula is C15H10FN3O2. The van der Waals surface area contributed by atoms with E-state index in [-0.39, 0.29) is 5.69 Å². The summed E-state index contributed by atoms with van der Waals surface area (Å²) in [6, 6.07) is 12.3. The molecule has 0 unspecified atom stereocenters. The van der Waals surface area contributed by atoms with Crippen LogP contribution in [0.5, 0.6) is 0 Å². The Kier molecular flexibility index (Phi) is 3.19. The number of amides is 1. The zero-order valence-corrected chi connectivity index (χ0v) is 10.8. The van der Waals surface area contributed by atoms with E-state index in [2.05, 4.69) is 15.3 Å². The van der Waals surface area contributed by atoms with E-state index in [1.165, 1.54) is 18.2 Å². The molecule has 0 aliphatic carbocycles. The van der Waals surface area contributed by atoms with E-state index in [0.717, 1.165) is 0 Å². The minimum atomic E-state index is -0.613. The van der Waals surface area contributed by atoms with Crippen LogP contribution in [-0.2, 0) is 0 Å². The Hall–Kier alpha value is -3.02. The Balaban J connectivity index is 2.04. The number of nitrogens with one attached hydrogen (secondary N) is 2. The molecule has 0 saturated heterocycles. The van der Waals surface area contributed by atoms with Crippen LogP contribution in [0.3, 0.4) is 0 Å². The number of benzene rings is 2. The van der Waals surface area contributed by atoms with Crippen molar-refractivity contribution in [3.63, 3.8) is 0 Å². The van der Waals surface area contributed by atoms with Crippen molar-refractivity contribution in [2.75, 3.05) is 5.32 Å². The summed E-state index contributed by atoms with van der Waals surface area (Å²) in [4.78, 5) is 30.0. The molecule has 2 aromatic carbocycles. The highest BCUT2D eigenvalue weighted by Gasteiger charge is 2.13. The van der Waals surface area contributed by atoms with Crippen LogP contribution in [0, 0.1) is 5.82 Å². The third-order valence-electron chi connectivity index (χ3n) is 2.93. The van der Waals surface area contributed by atoms with Gasteiger partial charge in [-0.1, -0.05) is 24.3 Å². The average Bonchev–Trinajstić information content (AvgIpc) is 2.46. The first-order valence-electron chi connectivity index (χ1n) is 6.19. The maximum Gasteiger partial charge on any atom is 0.346 e. The molecule has 5 nitrogen and oxygen atoms in total. The summed E-state index contributed by atoms with van der Waals surface area (Å²) in [5.74, 6) is -1.03. The molecule has 1 heterocycles. The number of halogens is 1. The molecule has 3 aromatic rings. The normalized spacial score (nSPS) is 10.5. The molecule has 0 aliphatic rings. The van der Waals surface area contributed by atoms with Crippen molar-refractivity contribution in [3.05, 3.63) is 70.5 Å². The predicted octanol–water partition coefficient (Wildman–Crippen LogP) is 2.31. The maximum absolute atomic E-state index is 13.1. The number of aromatic nitrogens is 2. The van der Waals surface area contributed by atoms with Crippen molar-refractivity contribution < 1.29 is 9.18 Å². The molecule has 0 bridgehead atoms. The summed E-state index contributed by atoms with van der Waals surface area (Å²) >= 11 is 0. The second-order valence-corrected chi connectivity index (χ2v) is 4.40. The van der Waals surface area contributed by atoms with Gasteiger partial charge in [-0.3, -0.25) is 4.79 Å². The van der Waals surface area contributed by atoms with Gasteiger partial charge in [-0.05, 0) is 24.3 Å². The summed E-state index contributed by atoms with van der Waals surface area (Å²) in [7, 11) is 0. The number of hydrogen-bond donors (Lipinski definition) is 2. The standard InChI is InChI=1S/C15H10FN3O2/c16-9-4-3-5-10(8-9)17-14(20)13-11-6-1-2-7-12(11)18-15(21)19-13/h1-8H,(H,17,20)(H,18,19,21). The van der Waals surface area contributed by atoms with Crippen LogP contribution in [0.15, 0.2) is 53.3 Å². The lowest BCUT2D eigenvalue weighted by Crippen LogP contribution is -2.21. The number of fused-ring (bicyclic) bond motifs is 1. The molecule has 2 N–H and O–H groups in total. The average molecular weight is 283 g/mol. The Morgan fingerprint density at radius 1 is 1.14 bits per heavy atom. The number of H-pyrrole nitrogens is 1. The second kappa shape index (κ2) is 5.16. The van der Waals surface area contributed by atoms with Gasteiger partial charge in [0.15, 0.2) is 0 Å². The number of hydrogen-bond acceptors (Lipinski definition) is 3. The van der Waals surface area contributed by atoms with Gasteiger partial charge in [-0.2, -0.15) is 4.98 Å². The molecule has 0 spiro atoms. The van der Waals surface area contributed by atoms with Crippen molar-refractivity contribution in [2.45, 2.75) is 0 Å². The molecule has 104 valence electrons. The Morgan fingerprint density at radius 2 is 1.95 bits per heavy atom. The van der Waals surface area contributed by atoms with E-state index in [1.54, 1.807) is 30.3 Å². The van der Waals surface area contributed by atoms with Crippen molar-refractivity contribution in [1.29, 1.82) is 0 Å². The number of rotatable bonds is 2. The zero-order chi connectivity index (χ0) is 14.8. The Bertz CT molecular complexity index is 889. The summed E-state index contributed by atoms with van der Waals surface area (Å²) in [6.45, 7) is 0. The Morgan fingerprint density at radius 3 is 2.76 bits per heavy atom. The van der Waals surface area contributed by atoms with E-state index in [4.69, 9.17) is 0 Å². The van der Waals surface area contributed by atoms with Crippen LogP contribution in [0.4, 0.5) is 10.1 Å². The van der Waals surface area contributed by atoms with Gasteiger partial charge in [-0.15, -0.1) is 0 Å². The first-order valence-corrected chi connectivity index (χ1v) is 6.19. The molecule has 1 amide bonds. The molecule has 0 radical (unpaired) electrons. The minimum Gasteiger partial charge on any atom is -0.321 e. The fourth-order valence-electron chi connectivity index (χ4n) is 2.03. The zero-order valence-electron chi connectivity index (χ0n) is 10.8. The molecule has 1 aromatic heterocycles. The van der Waals surface area contributed by atoms with Gasteiger partial charge < -0.3 is 10.3 Å². The Labute approximate surface area is 118 Å². The number of aromatic amines is 1. The van der Waals surface area contributed by atoms with Crippen LogP contribution < -0.4 is 11.0 Å². The summed E-state index contributed by atoms with van der Waals surface area (Å²) in [5, 5.41) is 3.04. The van der Waals surface area contributed by atoms with E-state index in [1.807, 2.05) is 0 Å². The largest absolute Gasteiger partial charge is 0.346 e. The summed E-state index contributed by atoms with van der Waals surface area (Å²) in [5.41, 5.74) is 0.199. The van der Waals surface area contributed by atoms with Crippen molar-refractivity contribution in [2.24, 2.45) is 0 Å². The third-order valence-corrected chi connectivity index (χ3v) is 2.93. The van der Waals surface area contributed by atoms with Gasteiger partial charge in [0.2, 0.25) is 0 Å². The van der Waals surface area contributed by atoms with Crippen LogP contribution in [0.25, 0.3) is 10.9 Å². The molecule has 6 heteroatoms. The van der Waals surface area contributed by atoms with Crippen molar-refractivity contribution >= 4 is 22.5 Å². The molecule has 0 aliphatic heterocycles. The van der Waals surface area contributed by atoms with Crippen LogP contribution in [0.1, 0.15) is 10.5 Å². The minimum absolute atomic E-state index is 0.00129. The van der Waals surface area contributed by atoms with Gasteiger partial charge in [0, 0.05) is 11.1 Å². The van der Waals surface area contributed by atoms with E-state index < -0.39 is 17.4 Å². The highest BCUT2D eigenvalue weighted by Crippen LogP contribution is 2.15. The lowest BCUT2D eigenvalue weighted by Gasteiger charge is -2.06. The number of carbonyl (C=O) groups is 1. The van der Waals surface area contributed by atoms with E-state index in [0.29, 0.717) is 16.6 Å². The van der Waals surface area contributed by atoms with E-state index in [9.17, 15) is 14.0 Å². The number of anilines is 1. The van der Waals surface area contributed by atoms with Crippen LogP contribution >= 0.6 is 0 Å². The lowest BCUT2D eigenvalue weighted by atomic mass is 10.2. The van der Waals surface area contributed by atoms with Gasteiger partial charge in [-0.25, -0.2) is 9.18 Å². The first-order chi connectivity index (χ1) is 10.1. The number of nitrogens with zero attached hydrogens (tertiary/aromatic N) is 1. The number of carbonyl (C=O) groups excluding carboxylic acids is 1. The number of para-hydroxylation sites is 1. The van der Waals surface area contributed by atoms with Crippen molar-refractivity contribution in [1.82, 2.24) is 9.97 Å². The first kappa shape index (κ1) is 13.0. The lowest BCUT2D eigenvalue weighted by molar-refractivity contribution is 0.102. The summed E-state index contributed by atoms with van der Waals surface area (Å²) in [6.07, 6.45) is 0. The highest BCUT2D eigenvalue weighted by molar-refractivity contribution is 6.10. The summed E-state index contributed by atoms with van der Waals surface area (Å²) < 4.78 is 13.1. The SMILES string of the molecule is O=C(Nc1cccc(F)c1)c1nc(=O)[nH]c2ccccc12. The third kappa shape index (κ3) is 2.64. The van der Waals surface area contributed by atoms with E-state index >= 15 is 0 Å². The van der Waals surface area contributed by atoms with Gasteiger partial charge in [0.1, 0.15) is 11.5 Å². The topological polar surface area (TPSA) is 74.8 Å². The van der Waals surface area contributed by atoms with Crippen LogP contribution in [-0.4, -0.2) is 15.9 Å².